The maximum absolute atomic E-state index is 13.3. The Hall–Kier alpha value is -1.95. The lowest BCUT2D eigenvalue weighted by Crippen LogP contribution is -2.13. The standard InChI is InChI=1S/C12H10F3NO2/c13-7-3-4-8(12(15)11(7)14)16-6-9(17)10-2-1-5-18-10/h1-5,9,16-17H,6H2. The molecule has 1 atom stereocenters. The second-order valence-electron chi connectivity index (χ2n) is 3.64. The van der Waals surface area contributed by atoms with Gasteiger partial charge in [0.15, 0.2) is 17.5 Å². The van der Waals surface area contributed by atoms with Gasteiger partial charge in [0.2, 0.25) is 0 Å². The Balaban J connectivity index is 2.05. The van der Waals surface area contributed by atoms with E-state index in [4.69, 9.17) is 4.42 Å². The first-order valence-electron chi connectivity index (χ1n) is 5.18. The minimum atomic E-state index is -1.55. The highest BCUT2D eigenvalue weighted by molar-refractivity contribution is 5.45. The van der Waals surface area contributed by atoms with Crippen molar-refractivity contribution in [2.24, 2.45) is 0 Å². The Morgan fingerprint density at radius 3 is 2.61 bits per heavy atom. The van der Waals surface area contributed by atoms with Crippen molar-refractivity contribution in [2.75, 3.05) is 11.9 Å². The van der Waals surface area contributed by atoms with Crippen molar-refractivity contribution in [3.05, 3.63) is 53.7 Å². The van der Waals surface area contributed by atoms with Crippen LogP contribution in [-0.4, -0.2) is 11.7 Å². The quantitative estimate of drug-likeness (QED) is 0.828. The summed E-state index contributed by atoms with van der Waals surface area (Å²) >= 11 is 0. The summed E-state index contributed by atoms with van der Waals surface area (Å²) in [5, 5.41) is 12.1. The van der Waals surface area contributed by atoms with Gasteiger partial charge in [-0.2, -0.15) is 0 Å². The third kappa shape index (κ3) is 2.48. The molecule has 2 aromatic rings. The highest BCUT2D eigenvalue weighted by Gasteiger charge is 2.15. The van der Waals surface area contributed by atoms with Crippen LogP contribution < -0.4 is 5.32 Å². The van der Waals surface area contributed by atoms with Gasteiger partial charge in [0, 0.05) is 6.54 Å². The van der Waals surface area contributed by atoms with Gasteiger partial charge in [-0.3, -0.25) is 0 Å². The van der Waals surface area contributed by atoms with Crippen LogP contribution in [0.15, 0.2) is 34.9 Å². The average Bonchev–Trinajstić information content (AvgIpc) is 2.89. The monoisotopic (exact) mass is 257 g/mol. The number of benzene rings is 1. The minimum Gasteiger partial charge on any atom is -0.467 e. The van der Waals surface area contributed by atoms with E-state index < -0.39 is 23.6 Å². The van der Waals surface area contributed by atoms with Crippen LogP contribution in [0.3, 0.4) is 0 Å². The molecule has 0 saturated carbocycles. The fourth-order valence-electron chi connectivity index (χ4n) is 1.45. The van der Waals surface area contributed by atoms with Gasteiger partial charge >= 0.3 is 0 Å². The molecule has 96 valence electrons. The van der Waals surface area contributed by atoms with Gasteiger partial charge in [-0.15, -0.1) is 0 Å². The predicted molar refractivity (Wildman–Crippen MR) is 58.5 cm³/mol. The van der Waals surface area contributed by atoms with Crippen LogP contribution in [0.2, 0.25) is 0 Å². The van der Waals surface area contributed by atoms with E-state index in [0.29, 0.717) is 5.76 Å². The first-order chi connectivity index (χ1) is 8.59. The number of hydrogen-bond acceptors (Lipinski definition) is 3. The van der Waals surface area contributed by atoms with Crippen LogP contribution in [0.5, 0.6) is 0 Å². The first-order valence-corrected chi connectivity index (χ1v) is 5.18. The normalized spacial score (nSPS) is 12.4. The molecule has 1 unspecified atom stereocenters. The van der Waals surface area contributed by atoms with Crippen LogP contribution in [0.25, 0.3) is 0 Å². The van der Waals surface area contributed by atoms with Crippen LogP contribution in [0.4, 0.5) is 18.9 Å². The van der Waals surface area contributed by atoms with Gasteiger partial charge < -0.3 is 14.8 Å². The number of rotatable bonds is 4. The number of furan rings is 1. The van der Waals surface area contributed by atoms with Gasteiger partial charge in [0.25, 0.3) is 0 Å². The average molecular weight is 257 g/mol. The van der Waals surface area contributed by atoms with Crippen LogP contribution in [0.1, 0.15) is 11.9 Å². The lowest BCUT2D eigenvalue weighted by molar-refractivity contribution is 0.162. The van der Waals surface area contributed by atoms with Crippen molar-refractivity contribution in [3.63, 3.8) is 0 Å². The third-order valence-corrected chi connectivity index (χ3v) is 2.39. The van der Waals surface area contributed by atoms with E-state index in [1.54, 1.807) is 12.1 Å². The molecular weight excluding hydrogens is 247 g/mol. The molecule has 0 bridgehead atoms. The first kappa shape index (κ1) is 12.5. The maximum atomic E-state index is 13.3. The highest BCUT2D eigenvalue weighted by Crippen LogP contribution is 2.21. The van der Waals surface area contributed by atoms with Crippen LogP contribution in [-0.2, 0) is 0 Å². The zero-order chi connectivity index (χ0) is 13.1. The summed E-state index contributed by atoms with van der Waals surface area (Å²) in [6, 6.07) is 5.01. The molecule has 0 aliphatic heterocycles. The van der Waals surface area contributed by atoms with Crippen LogP contribution >= 0.6 is 0 Å². The van der Waals surface area contributed by atoms with E-state index in [-0.39, 0.29) is 12.2 Å². The number of aliphatic hydroxyl groups excluding tert-OH is 1. The van der Waals surface area contributed by atoms with Gasteiger partial charge in [0.1, 0.15) is 11.9 Å². The molecular formula is C12H10F3NO2. The second-order valence-corrected chi connectivity index (χ2v) is 3.64. The van der Waals surface area contributed by atoms with Crippen molar-refractivity contribution >= 4 is 5.69 Å². The Morgan fingerprint density at radius 1 is 1.17 bits per heavy atom. The fourth-order valence-corrected chi connectivity index (χ4v) is 1.45. The Labute approximate surface area is 101 Å². The summed E-state index contributed by atoms with van der Waals surface area (Å²) in [5.41, 5.74) is -0.223. The Bertz CT molecular complexity index is 528. The second kappa shape index (κ2) is 5.14. The summed E-state index contributed by atoms with van der Waals surface area (Å²) in [6.07, 6.45) is 0.379. The predicted octanol–water partition coefficient (Wildman–Crippen LogP) is 2.84. The number of aliphatic hydroxyl groups is 1. The van der Waals surface area contributed by atoms with E-state index >= 15 is 0 Å². The SMILES string of the molecule is OC(CNc1ccc(F)c(F)c1F)c1ccco1. The zero-order valence-corrected chi connectivity index (χ0v) is 9.16. The lowest BCUT2D eigenvalue weighted by Gasteiger charge is -2.11. The molecule has 0 aliphatic carbocycles. The minimum absolute atomic E-state index is 0.0878. The van der Waals surface area contributed by atoms with Gasteiger partial charge in [-0.05, 0) is 24.3 Å². The van der Waals surface area contributed by atoms with Crippen molar-refractivity contribution in [2.45, 2.75) is 6.10 Å². The summed E-state index contributed by atoms with van der Waals surface area (Å²) in [4.78, 5) is 0. The Kier molecular flexibility index (Phi) is 3.57. The maximum Gasteiger partial charge on any atom is 0.196 e. The zero-order valence-electron chi connectivity index (χ0n) is 9.16. The molecule has 0 spiro atoms. The summed E-state index contributed by atoms with van der Waals surface area (Å²) in [6.45, 7) is -0.0878. The van der Waals surface area contributed by atoms with Crippen LogP contribution in [0, 0.1) is 17.5 Å². The largest absolute Gasteiger partial charge is 0.467 e. The summed E-state index contributed by atoms with van der Waals surface area (Å²) in [5.74, 6) is -3.83. The molecule has 0 fully saturated rings. The van der Waals surface area contributed by atoms with Gasteiger partial charge in [-0.25, -0.2) is 13.2 Å². The van der Waals surface area contributed by atoms with Crippen molar-refractivity contribution < 1.29 is 22.7 Å². The molecule has 18 heavy (non-hydrogen) atoms. The molecule has 3 nitrogen and oxygen atoms in total. The van der Waals surface area contributed by atoms with E-state index in [1.807, 2.05) is 0 Å². The summed E-state index contributed by atoms with van der Waals surface area (Å²) in [7, 11) is 0. The van der Waals surface area contributed by atoms with Gasteiger partial charge in [0.05, 0.1) is 12.0 Å². The van der Waals surface area contributed by atoms with Gasteiger partial charge in [-0.1, -0.05) is 0 Å². The van der Waals surface area contributed by atoms with E-state index in [0.717, 1.165) is 12.1 Å². The topological polar surface area (TPSA) is 45.4 Å². The number of nitrogens with one attached hydrogen (secondary N) is 1. The molecule has 2 rings (SSSR count). The molecule has 1 aromatic heterocycles. The molecule has 0 aliphatic rings. The smallest absolute Gasteiger partial charge is 0.196 e. The lowest BCUT2D eigenvalue weighted by atomic mass is 10.2. The molecule has 1 aromatic carbocycles. The Morgan fingerprint density at radius 2 is 1.94 bits per heavy atom. The fraction of sp³-hybridized carbons (Fsp3) is 0.167. The van der Waals surface area contributed by atoms with E-state index in [2.05, 4.69) is 5.32 Å². The van der Waals surface area contributed by atoms with Crippen molar-refractivity contribution in [1.82, 2.24) is 0 Å². The van der Waals surface area contributed by atoms with Crippen molar-refractivity contribution in [1.29, 1.82) is 0 Å². The highest BCUT2D eigenvalue weighted by atomic mass is 19.2. The molecule has 0 saturated heterocycles. The van der Waals surface area contributed by atoms with Crippen molar-refractivity contribution in [3.8, 4) is 0 Å². The molecule has 2 N–H and O–H groups in total. The molecule has 1 heterocycles. The van der Waals surface area contributed by atoms with E-state index in [1.165, 1.54) is 6.26 Å². The van der Waals surface area contributed by atoms with E-state index in [9.17, 15) is 18.3 Å². The third-order valence-electron chi connectivity index (χ3n) is 2.39. The number of hydrogen-bond donors (Lipinski definition) is 2. The number of anilines is 1. The molecule has 0 radical (unpaired) electrons. The molecule has 6 heteroatoms. The summed E-state index contributed by atoms with van der Waals surface area (Å²) < 4.78 is 43.8. The molecule has 0 amide bonds. The number of halogens is 3.